The summed E-state index contributed by atoms with van der Waals surface area (Å²) in [7, 11) is 0. The Morgan fingerprint density at radius 1 is 1.09 bits per heavy atom. The van der Waals surface area contributed by atoms with Crippen LogP contribution in [0.4, 0.5) is 0 Å². The summed E-state index contributed by atoms with van der Waals surface area (Å²) in [4.78, 5) is 0. The quantitative estimate of drug-likeness (QED) is 0.565. The summed E-state index contributed by atoms with van der Waals surface area (Å²) < 4.78 is 0. The second-order valence-corrected chi connectivity index (χ2v) is 3.31. The lowest BCUT2D eigenvalue weighted by Crippen LogP contribution is -2.03. The van der Waals surface area contributed by atoms with Crippen molar-refractivity contribution in [2.45, 2.75) is 52.4 Å². The zero-order chi connectivity index (χ0) is 8.53. The fourth-order valence-electron chi connectivity index (χ4n) is 1.28. The molecule has 0 rings (SSSR count). The van der Waals surface area contributed by atoms with Gasteiger partial charge in [0, 0.05) is 6.61 Å². The molecule has 0 heterocycles. The third-order valence-corrected chi connectivity index (χ3v) is 2.30. The van der Waals surface area contributed by atoms with Crippen molar-refractivity contribution in [2.24, 2.45) is 5.92 Å². The first-order valence-electron chi connectivity index (χ1n) is 4.96. The van der Waals surface area contributed by atoms with Crippen molar-refractivity contribution in [3.63, 3.8) is 0 Å². The van der Waals surface area contributed by atoms with Crippen molar-refractivity contribution in [3.05, 3.63) is 0 Å². The Balaban J connectivity index is 3.07. The Morgan fingerprint density at radius 2 is 1.82 bits per heavy atom. The number of rotatable bonds is 7. The van der Waals surface area contributed by atoms with Gasteiger partial charge in [-0.1, -0.05) is 46.0 Å². The number of hydrogen-bond donors (Lipinski definition) is 1. The van der Waals surface area contributed by atoms with Crippen molar-refractivity contribution < 1.29 is 5.11 Å². The first kappa shape index (κ1) is 11.0. The van der Waals surface area contributed by atoms with Crippen LogP contribution in [0, 0.1) is 5.92 Å². The third kappa shape index (κ3) is 6.36. The molecule has 1 heteroatoms. The van der Waals surface area contributed by atoms with Crippen molar-refractivity contribution in [3.8, 4) is 0 Å². The van der Waals surface area contributed by atoms with E-state index >= 15 is 0 Å². The second kappa shape index (κ2) is 8.06. The zero-order valence-electron chi connectivity index (χ0n) is 7.97. The van der Waals surface area contributed by atoms with E-state index in [9.17, 15) is 0 Å². The molecule has 1 atom stereocenters. The van der Waals surface area contributed by atoms with Gasteiger partial charge in [-0.25, -0.2) is 0 Å². The molecule has 0 aromatic carbocycles. The fraction of sp³-hybridized carbons (Fsp3) is 1.00. The summed E-state index contributed by atoms with van der Waals surface area (Å²) in [5, 5.41) is 8.88. The van der Waals surface area contributed by atoms with Crippen LogP contribution in [0.2, 0.25) is 0 Å². The van der Waals surface area contributed by atoms with Crippen LogP contribution in [0.15, 0.2) is 0 Å². The molecule has 0 radical (unpaired) electrons. The van der Waals surface area contributed by atoms with Crippen molar-refractivity contribution in [1.29, 1.82) is 0 Å². The van der Waals surface area contributed by atoms with Crippen LogP contribution in [0.25, 0.3) is 0 Å². The molecule has 68 valence electrons. The molecule has 0 aliphatic carbocycles. The summed E-state index contributed by atoms with van der Waals surface area (Å²) >= 11 is 0. The highest BCUT2D eigenvalue weighted by molar-refractivity contribution is 4.54. The van der Waals surface area contributed by atoms with E-state index in [0.717, 1.165) is 6.42 Å². The van der Waals surface area contributed by atoms with Gasteiger partial charge in [0.25, 0.3) is 0 Å². The first-order valence-corrected chi connectivity index (χ1v) is 4.96. The van der Waals surface area contributed by atoms with E-state index in [1.54, 1.807) is 0 Å². The highest BCUT2D eigenvalue weighted by Gasteiger charge is 2.02. The van der Waals surface area contributed by atoms with Gasteiger partial charge in [-0.15, -0.1) is 0 Å². The fourth-order valence-corrected chi connectivity index (χ4v) is 1.28. The molecule has 0 bridgehead atoms. The van der Waals surface area contributed by atoms with E-state index in [1.807, 2.05) is 0 Å². The highest BCUT2D eigenvalue weighted by atomic mass is 16.3. The van der Waals surface area contributed by atoms with Gasteiger partial charge in [0.15, 0.2) is 0 Å². The molecule has 0 saturated carbocycles. The summed E-state index contributed by atoms with van der Waals surface area (Å²) in [6.07, 6.45) is 7.63. The Kier molecular flexibility index (Phi) is 8.03. The van der Waals surface area contributed by atoms with Crippen molar-refractivity contribution >= 4 is 0 Å². The van der Waals surface area contributed by atoms with Crippen molar-refractivity contribution in [2.75, 3.05) is 6.61 Å². The van der Waals surface area contributed by atoms with E-state index in [-0.39, 0.29) is 0 Å². The number of aliphatic hydroxyl groups is 1. The van der Waals surface area contributed by atoms with E-state index in [2.05, 4.69) is 13.8 Å². The van der Waals surface area contributed by atoms with Gasteiger partial charge in [0.1, 0.15) is 0 Å². The lowest BCUT2D eigenvalue weighted by Gasteiger charge is -2.09. The number of hydrogen-bond acceptors (Lipinski definition) is 1. The SMILES string of the molecule is CCCCCC[C@H](CC)CO. The first-order chi connectivity index (χ1) is 5.35. The van der Waals surface area contributed by atoms with Crippen LogP contribution < -0.4 is 0 Å². The Morgan fingerprint density at radius 3 is 2.27 bits per heavy atom. The van der Waals surface area contributed by atoms with E-state index in [0.29, 0.717) is 12.5 Å². The summed E-state index contributed by atoms with van der Waals surface area (Å²) in [5.74, 6) is 0.562. The smallest absolute Gasteiger partial charge is 0.0459 e. The Hall–Kier alpha value is -0.0400. The molecule has 0 fully saturated rings. The lowest BCUT2D eigenvalue weighted by molar-refractivity contribution is 0.211. The van der Waals surface area contributed by atoms with Crippen LogP contribution in [0.3, 0.4) is 0 Å². The van der Waals surface area contributed by atoms with E-state index in [1.165, 1.54) is 32.1 Å². The maximum atomic E-state index is 8.88. The molecule has 1 N–H and O–H groups in total. The Bertz CT molecular complexity index is 67.3. The molecule has 0 amide bonds. The van der Waals surface area contributed by atoms with Gasteiger partial charge in [0.2, 0.25) is 0 Å². The molecule has 0 aromatic heterocycles. The monoisotopic (exact) mass is 158 g/mol. The highest BCUT2D eigenvalue weighted by Crippen LogP contribution is 2.12. The van der Waals surface area contributed by atoms with Gasteiger partial charge in [0.05, 0.1) is 0 Å². The molecule has 0 spiro atoms. The third-order valence-electron chi connectivity index (χ3n) is 2.30. The standard InChI is InChI=1S/C10H22O/c1-3-5-6-7-8-10(4-2)9-11/h10-11H,3-9H2,1-2H3/t10-/m0/s1. The number of unbranched alkanes of at least 4 members (excludes halogenated alkanes) is 3. The van der Waals surface area contributed by atoms with Crippen LogP contribution in [-0.4, -0.2) is 11.7 Å². The topological polar surface area (TPSA) is 20.2 Å². The average Bonchev–Trinajstić information content (AvgIpc) is 2.05. The van der Waals surface area contributed by atoms with Gasteiger partial charge in [-0.05, 0) is 12.3 Å². The largest absolute Gasteiger partial charge is 0.396 e. The molecule has 0 aliphatic heterocycles. The maximum absolute atomic E-state index is 8.88. The van der Waals surface area contributed by atoms with Crippen LogP contribution in [0.1, 0.15) is 52.4 Å². The zero-order valence-corrected chi connectivity index (χ0v) is 7.97. The Labute approximate surface area is 70.8 Å². The average molecular weight is 158 g/mol. The maximum Gasteiger partial charge on any atom is 0.0459 e. The molecule has 11 heavy (non-hydrogen) atoms. The van der Waals surface area contributed by atoms with Crippen LogP contribution in [0.5, 0.6) is 0 Å². The predicted molar refractivity (Wildman–Crippen MR) is 49.6 cm³/mol. The van der Waals surface area contributed by atoms with Gasteiger partial charge in [-0.2, -0.15) is 0 Å². The molecule has 0 unspecified atom stereocenters. The summed E-state index contributed by atoms with van der Waals surface area (Å²) in [6, 6.07) is 0. The van der Waals surface area contributed by atoms with E-state index in [4.69, 9.17) is 5.11 Å². The molecular weight excluding hydrogens is 136 g/mol. The minimum atomic E-state index is 0.378. The number of aliphatic hydroxyl groups excluding tert-OH is 1. The van der Waals surface area contributed by atoms with Crippen LogP contribution >= 0.6 is 0 Å². The molecule has 1 nitrogen and oxygen atoms in total. The molecule has 0 aromatic rings. The summed E-state index contributed by atoms with van der Waals surface area (Å²) in [5.41, 5.74) is 0. The molecule has 0 saturated heterocycles. The molecular formula is C10H22O. The van der Waals surface area contributed by atoms with Crippen molar-refractivity contribution in [1.82, 2.24) is 0 Å². The predicted octanol–water partition coefficient (Wildman–Crippen LogP) is 2.98. The lowest BCUT2D eigenvalue weighted by atomic mass is 9.99. The molecule has 0 aliphatic rings. The summed E-state index contributed by atoms with van der Waals surface area (Å²) in [6.45, 7) is 4.76. The van der Waals surface area contributed by atoms with Gasteiger partial charge < -0.3 is 5.11 Å². The van der Waals surface area contributed by atoms with Gasteiger partial charge in [-0.3, -0.25) is 0 Å². The second-order valence-electron chi connectivity index (χ2n) is 3.31. The minimum Gasteiger partial charge on any atom is -0.396 e. The van der Waals surface area contributed by atoms with Gasteiger partial charge >= 0.3 is 0 Å². The minimum absolute atomic E-state index is 0.378. The van der Waals surface area contributed by atoms with E-state index < -0.39 is 0 Å². The normalized spacial score (nSPS) is 13.4. The van der Waals surface area contributed by atoms with Crippen LogP contribution in [-0.2, 0) is 0 Å².